The molecule has 0 amide bonds. The smallest absolute Gasteiger partial charge is 0.122 e. The first-order chi connectivity index (χ1) is 10.6. The molecule has 1 saturated heterocycles. The fraction of sp³-hybridized carbons (Fsp3) is 0.684. The van der Waals surface area contributed by atoms with Crippen molar-refractivity contribution in [3.8, 4) is 5.75 Å². The lowest BCUT2D eigenvalue weighted by Crippen LogP contribution is -2.63. The Hall–Kier alpha value is -1.10. The van der Waals surface area contributed by atoms with E-state index in [2.05, 4.69) is 32.6 Å². The fourth-order valence-corrected chi connectivity index (χ4v) is 3.93. The molecule has 2 rings (SSSR count). The van der Waals surface area contributed by atoms with Crippen LogP contribution >= 0.6 is 0 Å². The fourth-order valence-electron chi connectivity index (χ4n) is 3.93. The number of para-hydroxylation sites is 1. The van der Waals surface area contributed by atoms with Gasteiger partial charge in [-0.1, -0.05) is 18.2 Å². The summed E-state index contributed by atoms with van der Waals surface area (Å²) >= 11 is 0. The van der Waals surface area contributed by atoms with E-state index in [4.69, 9.17) is 4.74 Å². The van der Waals surface area contributed by atoms with Crippen LogP contribution in [0.2, 0.25) is 0 Å². The van der Waals surface area contributed by atoms with Gasteiger partial charge in [0.05, 0.1) is 6.10 Å². The van der Waals surface area contributed by atoms with E-state index in [1.54, 1.807) is 0 Å². The van der Waals surface area contributed by atoms with Gasteiger partial charge in [0.2, 0.25) is 0 Å². The van der Waals surface area contributed by atoms with Crippen molar-refractivity contribution < 1.29 is 14.9 Å². The normalized spacial score (nSPS) is 22.7. The summed E-state index contributed by atoms with van der Waals surface area (Å²) < 4.78 is 5.77. The maximum Gasteiger partial charge on any atom is 0.122 e. The average Bonchev–Trinajstić information content (AvgIpc) is 2.41. The van der Waals surface area contributed by atoms with Gasteiger partial charge in [-0.3, -0.25) is 4.90 Å². The zero-order valence-corrected chi connectivity index (χ0v) is 15.0. The van der Waals surface area contributed by atoms with E-state index in [9.17, 15) is 10.2 Å². The Balaban J connectivity index is 1.98. The van der Waals surface area contributed by atoms with Crippen molar-refractivity contribution in [2.45, 2.75) is 70.7 Å². The molecule has 23 heavy (non-hydrogen) atoms. The predicted molar refractivity (Wildman–Crippen MR) is 92.8 cm³/mol. The first-order valence-electron chi connectivity index (χ1n) is 8.44. The Morgan fingerprint density at radius 1 is 1.17 bits per heavy atom. The predicted octanol–water partition coefficient (Wildman–Crippen LogP) is 2.75. The van der Waals surface area contributed by atoms with Crippen LogP contribution in [0.1, 0.15) is 46.1 Å². The van der Waals surface area contributed by atoms with Crippen LogP contribution < -0.4 is 4.74 Å². The molecule has 1 fully saturated rings. The van der Waals surface area contributed by atoms with Crippen LogP contribution in [-0.2, 0) is 0 Å². The van der Waals surface area contributed by atoms with E-state index in [1.807, 2.05) is 31.2 Å². The highest BCUT2D eigenvalue weighted by molar-refractivity contribution is 5.31. The summed E-state index contributed by atoms with van der Waals surface area (Å²) in [6.07, 6.45) is 0.601. The Morgan fingerprint density at radius 2 is 1.74 bits per heavy atom. The molecular weight excluding hydrogens is 290 g/mol. The highest BCUT2D eigenvalue weighted by atomic mass is 16.5. The second-order valence-corrected chi connectivity index (χ2v) is 8.03. The molecule has 0 bridgehead atoms. The standard InChI is InChI=1S/C19H31NO3/c1-14-8-6-7-9-17(14)23-13-16(22)12-20-18(2,3)10-15(21)11-19(20,4)5/h6-9,15-16,21-22H,10-13H2,1-5H3/t16-/m0/s1. The minimum Gasteiger partial charge on any atom is -0.491 e. The topological polar surface area (TPSA) is 52.9 Å². The molecule has 2 N–H and O–H groups in total. The summed E-state index contributed by atoms with van der Waals surface area (Å²) in [4.78, 5) is 2.30. The van der Waals surface area contributed by atoms with Crippen LogP contribution in [0.15, 0.2) is 24.3 Å². The van der Waals surface area contributed by atoms with Crippen molar-refractivity contribution in [2.24, 2.45) is 0 Å². The number of nitrogens with zero attached hydrogens (tertiary/aromatic N) is 1. The SMILES string of the molecule is Cc1ccccc1OC[C@@H](O)CN1C(C)(C)CC(O)CC1(C)C. The van der Waals surface area contributed by atoms with Gasteiger partial charge in [-0.25, -0.2) is 0 Å². The number of hydrogen-bond acceptors (Lipinski definition) is 4. The van der Waals surface area contributed by atoms with Gasteiger partial charge in [0.25, 0.3) is 0 Å². The molecular formula is C19H31NO3. The summed E-state index contributed by atoms with van der Waals surface area (Å²) in [5, 5.41) is 20.6. The molecule has 0 spiro atoms. The zero-order chi connectivity index (χ0) is 17.3. The van der Waals surface area contributed by atoms with Gasteiger partial charge in [-0.15, -0.1) is 0 Å². The van der Waals surface area contributed by atoms with Crippen LogP contribution in [0.5, 0.6) is 5.75 Å². The highest BCUT2D eigenvalue weighted by Crippen LogP contribution is 2.38. The summed E-state index contributed by atoms with van der Waals surface area (Å²) in [6.45, 7) is 11.3. The number of β-amino-alcohol motifs (C(OH)–C–C–N with tert-alkyl or cyclic N) is 1. The monoisotopic (exact) mass is 321 g/mol. The molecule has 4 nitrogen and oxygen atoms in total. The van der Waals surface area contributed by atoms with E-state index in [1.165, 1.54) is 0 Å². The van der Waals surface area contributed by atoms with Crippen LogP contribution in [0.25, 0.3) is 0 Å². The van der Waals surface area contributed by atoms with Gasteiger partial charge in [0.15, 0.2) is 0 Å². The van der Waals surface area contributed by atoms with Gasteiger partial charge in [-0.05, 0) is 59.1 Å². The second-order valence-electron chi connectivity index (χ2n) is 8.03. The maximum atomic E-state index is 10.5. The Bertz CT molecular complexity index is 509. The molecule has 1 heterocycles. The second kappa shape index (κ2) is 6.80. The number of piperidine rings is 1. The quantitative estimate of drug-likeness (QED) is 0.875. The van der Waals surface area contributed by atoms with Crippen molar-refractivity contribution in [1.82, 2.24) is 4.90 Å². The third kappa shape index (κ3) is 4.46. The largest absolute Gasteiger partial charge is 0.491 e. The number of aliphatic hydroxyl groups is 2. The first kappa shape index (κ1) is 18.2. The van der Waals surface area contributed by atoms with Gasteiger partial charge in [0.1, 0.15) is 18.5 Å². The molecule has 0 saturated carbocycles. The van der Waals surface area contributed by atoms with Crippen LogP contribution in [0.3, 0.4) is 0 Å². The number of rotatable bonds is 5. The number of ether oxygens (including phenoxy) is 1. The number of likely N-dealkylation sites (tertiary alicyclic amines) is 1. The number of benzene rings is 1. The Labute approximate surface area is 140 Å². The van der Waals surface area contributed by atoms with Crippen molar-refractivity contribution in [3.05, 3.63) is 29.8 Å². The molecule has 0 aliphatic carbocycles. The number of aliphatic hydroxyl groups excluding tert-OH is 2. The maximum absolute atomic E-state index is 10.5. The van der Waals surface area contributed by atoms with Crippen LogP contribution in [0, 0.1) is 6.92 Å². The summed E-state index contributed by atoms with van der Waals surface area (Å²) in [5.41, 5.74) is 0.775. The lowest BCUT2D eigenvalue weighted by Gasteiger charge is -2.54. The van der Waals surface area contributed by atoms with E-state index in [0.29, 0.717) is 6.54 Å². The van der Waals surface area contributed by atoms with Crippen molar-refractivity contribution in [3.63, 3.8) is 0 Å². The van der Waals surface area contributed by atoms with Crippen molar-refractivity contribution in [2.75, 3.05) is 13.2 Å². The Morgan fingerprint density at radius 3 is 2.30 bits per heavy atom. The average molecular weight is 321 g/mol. The molecule has 1 aliphatic rings. The number of hydrogen-bond donors (Lipinski definition) is 2. The Kier molecular flexibility index (Phi) is 5.39. The molecule has 1 atom stereocenters. The van der Waals surface area contributed by atoms with Crippen molar-refractivity contribution in [1.29, 1.82) is 0 Å². The molecule has 4 heteroatoms. The molecule has 0 unspecified atom stereocenters. The number of aryl methyl sites for hydroxylation is 1. The molecule has 130 valence electrons. The summed E-state index contributed by atoms with van der Waals surface area (Å²) in [6, 6.07) is 7.84. The van der Waals surface area contributed by atoms with Gasteiger partial charge >= 0.3 is 0 Å². The van der Waals surface area contributed by atoms with Gasteiger partial charge < -0.3 is 14.9 Å². The van der Waals surface area contributed by atoms with Gasteiger partial charge in [0, 0.05) is 17.6 Å². The molecule has 1 aliphatic heterocycles. The summed E-state index contributed by atoms with van der Waals surface area (Å²) in [5.74, 6) is 0.819. The van der Waals surface area contributed by atoms with E-state index in [-0.39, 0.29) is 23.8 Å². The lowest BCUT2D eigenvalue weighted by atomic mass is 9.78. The van der Waals surface area contributed by atoms with E-state index in [0.717, 1.165) is 24.2 Å². The third-order valence-corrected chi connectivity index (χ3v) is 4.85. The van der Waals surface area contributed by atoms with Crippen molar-refractivity contribution >= 4 is 0 Å². The molecule has 0 aromatic heterocycles. The minimum absolute atomic E-state index is 0.148. The van der Waals surface area contributed by atoms with Crippen LogP contribution in [0.4, 0.5) is 0 Å². The lowest BCUT2D eigenvalue weighted by molar-refractivity contribution is -0.1000. The molecule has 1 aromatic carbocycles. The third-order valence-electron chi connectivity index (χ3n) is 4.85. The first-order valence-corrected chi connectivity index (χ1v) is 8.44. The van der Waals surface area contributed by atoms with Gasteiger partial charge in [-0.2, -0.15) is 0 Å². The van der Waals surface area contributed by atoms with E-state index >= 15 is 0 Å². The van der Waals surface area contributed by atoms with Crippen LogP contribution in [-0.4, -0.2) is 51.6 Å². The zero-order valence-electron chi connectivity index (χ0n) is 15.0. The van der Waals surface area contributed by atoms with E-state index < -0.39 is 6.10 Å². The summed E-state index contributed by atoms with van der Waals surface area (Å²) in [7, 11) is 0. The molecule has 1 aromatic rings. The molecule has 0 radical (unpaired) electrons. The minimum atomic E-state index is -0.566. The highest BCUT2D eigenvalue weighted by Gasteiger charge is 2.45.